The van der Waals surface area contributed by atoms with Crippen molar-refractivity contribution in [3.05, 3.63) is 77.2 Å². The monoisotopic (exact) mass is 609 g/mol. The van der Waals surface area contributed by atoms with E-state index in [1.165, 1.54) is 29.3 Å². The summed E-state index contributed by atoms with van der Waals surface area (Å²) in [5, 5.41) is 3.21. The van der Waals surface area contributed by atoms with Crippen LogP contribution in [0.4, 0.5) is 8.78 Å². The van der Waals surface area contributed by atoms with E-state index in [2.05, 4.69) is 10.1 Å². The molecule has 1 saturated heterocycles. The fourth-order valence-electron chi connectivity index (χ4n) is 5.46. The minimum absolute atomic E-state index is 0.123. The number of rotatable bonds is 5. The quantitative estimate of drug-likeness (QED) is 0.195. The van der Waals surface area contributed by atoms with Crippen LogP contribution in [0.3, 0.4) is 0 Å². The van der Waals surface area contributed by atoms with Gasteiger partial charge in [0, 0.05) is 35.7 Å². The van der Waals surface area contributed by atoms with Gasteiger partial charge in [-0.3, -0.25) is 19.3 Å². The predicted molar refractivity (Wildman–Crippen MR) is 160 cm³/mol. The second-order valence-electron chi connectivity index (χ2n) is 12.2. The molecule has 0 saturated carbocycles. The first-order chi connectivity index (χ1) is 21.1. The van der Waals surface area contributed by atoms with E-state index in [1.54, 1.807) is 56.9 Å². The number of halogens is 2. The summed E-state index contributed by atoms with van der Waals surface area (Å²) in [6, 6.07) is 8.70. The highest BCUT2D eigenvalue weighted by Gasteiger charge is 2.43. The first-order valence-corrected chi connectivity index (χ1v) is 14.1. The van der Waals surface area contributed by atoms with Crippen molar-refractivity contribution in [1.29, 1.82) is 0 Å². The number of aromatic nitrogens is 3. The average molecular weight is 609 g/mol. The summed E-state index contributed by atoms with van der Waals surface area (Å²) in [5.41, 5.74) is 0.304. The third-order valence-electron chi connectivity index (χ3n) is 7.63. The molecule has 0 N–H and O–H groups in total. The second-order valence-corrected chi connectivity index (χ2v) is 12.2. The first kappa shape index (κ1) is 30.3. The Morgan fingerprint density at radius 3 is 2.42 bits per heavy atom. The molecule has 0 atom stereocenters. The van der Waals surface area contributed by atoms with Crippen molar-refractivity contribution in [3.8, 4) is 16.9 Å². The number of likely N-dealkylation sites (tertiary alicyclic amines) is 1. The normalized spacial score (nSPS) is 16.1. The van der Waals surface area contributed by atoms with Crippen LogP contribution in [0, 0.1) is 11.6 Å². The number of benzene rings is 2. The zero-order valence-corrected chi connectivity index (χ0v) is 25.0. The van der Waals surface area contributed by atoms with E-state index in [-0.39, 0.29) is 35.5 Å². The molecule has 2 aliphatic rings. The number of esters is 1. The van der Waals surface area contributed by atoms with E-state index in [9.17, 15) is 14.4 Å². The number of amides is 2. The van der Waals surface area contributed by atoms with Crippen LogP contribution in [0.2, 0.25) is 0 Å². The second kappa shape index (κ2) is 10.7. The zero-order chi connectivity index (χ0) is 32.4. The number of ether oxygens (including phenoxy) is 2. The van der Waals surface area contributed by atoms with Gasteiger partial charge in [0.1, 0.15) is 34.6 Å². The third kappa shape index (κ3) is 5.42. The lowest BCUT2D eigenvalue weighted by molar-refractivity contribution is -0.171. The van der Waals surface area contributed by atoms with Gasteiger partial charge in [-0.15, -0.1) is 0 Å². The zero-order valence-electron chi connectivity index (χ0n) is 25.0. The molecule has 0 bridgehead atoms. The standard InChI is InChI=1S/C31H27B2F2N5O5/c1-30(2,3)45-29(43)28(42)39-12-17(13-39)44-24-8-7-18(20-14-38(4)37-25(20)24)16-10-22(34)21(23(35)11-16)15-40-27(41)19-6-5-9-36-26(19)31(40,32)33/h5-11,14,17H,12-13,15H2,1-4H3. The number of aryl methyl sites for hydroxylation is 1. The molecular formula is C31H27B2F2N5O5. The number of hydrogen-bond donors (Lipinski definition) is 0. The first-order valence-electron chi connectivity index (χ1n) is 14.1. The Kier molecular flexibility index (Phi) is 7.21. The van der Waals surface area contributed by atoms with Gasteiger partial charge in [0.25, 0.3) is 5.91 Å². The minimum Gasteiger partial charge on any atom is -0.484 e. The number of fused-ring (bicyclic) bond motifs is 2. The van der Waals surface area contributed by atoms with Gasteiger partial charge in [0.05, 0.1) is 46.6 Å². The largest absolute Gasteiger partial charge is 0.484 e. The molecule has 4 heterocycles. The van der Waals surface area contributed by atoms with Crippen molar-refractivity contribution in [2.45, 2.75) is 44.4 Å². The van der Waals surface area contributed by atoms with Crippen molar-refractivity contribution in [2.75, 3.05) is 13.1 Å². The average Bonchev–Trinajstić information content (AvgIpc) is 3.41. The lowest BCUT2D eigenvalue weighted by Gasteiger charge is -2.38. The molecule has 2 amide bonds. The van der Waals surface area contributed by atoms with Crippen molar-refractivity contribution < 1.29 is 32.6 Å². The molecule has 0 unspecified atom stereocenters. The van der Waals surface area contributed by atoms with Crippen LogP contribution in [0.25, 0.3) is 22.0 Å². The highest BCUT2D eigenvalue weighted by molar-refractivity contribution is 6.42. The summed E-state index contributed by atoms with van der Waals surface area (Å²) in [4.78, 5) is 43.9. The molecule has 0 aliphatic carbocycles. The molecule has 2 aromatic heterocycles. The molecular weight excluding hydrogens is 582 g/mol. The number of carbonyl (C=O) groups excluding carboxylic acids is 3. The molecule has 4 aromatic rings. The Balaban J connectivity index is 1.22. The van der Waals surface area contributed by atoms with Crippen molar-refractivity contribution >= 4 is 44.4 Å². The SMILES string of the molecule is [B]C1([B])c2ncccc2C(=O)N1Cc1c(F)cc(-c2ccc(OC3CN(C(=O)C(=O)OC(C)(C)C)C3)c3nn(C)cc23)cc1F. The third-order valence-corrected chi connectivity index (χ3v) is 7.63. The maximum absolute atomic E-state index is 15.5. The van der Waals surface area contributed by atoms with Gasteiger partial charge in [0.15, 0.2) is 0 Å². The summed E-state index contributed by atoms with van der Waals surface area (Å²) in [5.74, 6) is -3.62. The van der Waals surface area contributed by atoms with Crippen LogP contribution < -0.4 is 4.74 Å². The van der Waals surface area contributed by atoms with Crippen molar-refractivity contribution in [1.82, 2.24) is 24.6 Å². The molecule has 2 aromatic carbocycles. The summed E-state index contributed by atoms with van der Waals surface area (Å²) in [6.45, 7) is 4.89. The topological polar surface area (TPSA) is 107 Å². The molecule has 10 nitrogen and oxygen atoms in total. The number of hydrogen-bond acceptors (Lipinski definition) is 7. The molecule has 45 heavy (non-hydrogen) atoms. The van der Waals surface area contributed by atoms with Crippen LogP contribution in [-0.2, 0) is 33.3 Å². The van der Waals surface area contributed by atoms with Gasteiger partial charge in [-0.2, -0.15) is 5.10 Å². The van der Waals surface area contributed by atoms with E-state index in [0.29, 0.717) is 22.2 Å². The molecule has 14 heteroatoms. The van der Waals surface area contributed by atoms with Crippen LogP contribution in [0.1, 0.15) is 42.4 Å². The van der Waals surface area contributed by atoms with Gasteiger partial charge in [-0.25, -0.2) is 13.6 Å². The Bertz CT molecular complexity index is 1860. The number of pyridine rings is 1. The summed E-state index contributed by atoms with van der Waals surface area (Å²) in [6.07, 6.45) is 2.74. The van der Waals surface area contributed by atoms with Gasteiger partial charge >= 0.3 is 11.9 Å². The van der Waals surface area contributed by atoms with E-state index < -0.39 is 53.0 Å². The number of carbonyl (C=O) groups is 3. The van der Waals surface area contributed by atoms with Gasteiger partial charge in [-0.1, -0.05) is 0 Å². The van der Waals surface area contributed by atoms with Gasteiger partial charge in [0.2, 0.25) is 0 Å². The smallest absolute Gasteiger partial charge is 0.397 e. The fourth-order valence-corrected chi connectivity index (χ4v) is 5.46. The van der Waals surface area contributed by atoms with Crippen LogP contribution in [0.5, 0.6) is 5.75 Å². The lowest BCUT2D eigenvalue weighted by Crippen LogP contribution is -2.58. The Morgan fingerprint density at radius 2 is 1.78 bits per heavy atom. The highest BCUT2D eigenvalue weighted by Crippen LogP contribution is 2.38. The Labute approximate surface area is 260 Å². The summed E-state index contributed by atoms with van der Waals surface area (Å²) < 4.78 is 43.8. The molecule has 6 rings (SSSR count). The molecule has 4 radical (unpaired) electrons. The van der Waals surface area contributed by atoms with Gasteiger partial charge < -0.3 is 19.3 Å². The maximum atomic E-state index is 15.5. The molecule has 1 fully saturated rings. The Hall–Kier alpha value is -4.74. The predicted octanol–water partition coefficient (Wildman–Crippen LogP) is 2.95. The lowest BCUT2D eigenvalue weighted by atomic mass is 9.59. The van der Waals surface area contributed by atoms with E-state index in [1.807, 2.05) is 0 Å². The van der Waals surface area contributed by atoms with E-state index in [4.69, 9.17) is 25.2 Å². The Morgan fingerprint density at radius 1 is 1.09 bits per heavy atom. The van der Waals surface area contributed by atoms with Crippen molar-refractivity contribution in [3.63, 3.8) is 0 Å². The van der Waals surface area contributed by atoms with Gasteiger partial charge in [-0.05, 0) is 68.3 Å². The summed E-state index contributed by atoms with van der Waals surface area (Å²) >= 11 is 0. The fraction of sp³-hybridized carbons (Fsp3) is 0.323. The van der Waals surface area contributed by atoms with Crippen LogP contribution >= 0.6 is 0 Å². The molecule has 226 valence electrons. The molecule has 2 aliphatic heterocycles. The molecule has 0 spiro atoms. The van der Waals surface area contributed by atoms with Crippen LogP contribution in [0.15, 0.2) is 48.8 Å². The van der Waals surface area contributed by atoms with E-state index in [0.717, 1.165) is 4.90 Å². The van der Waals surface area contributed by atoms with E-state index >= 15 is 8.78 Å². The maximum Gasteiger partial charge on any atom is 0.397 e. The highest BCUT2D eigenvalue weighted by atomic mass is 19.1. The minimum atomic E-state index is -1.84. The van der Waals surface area contributed by atoms with Crippen LogP contribution in [-0.4, -0.2) is 82.8 Å². The van der Waals surface area contributed by atoms with Crippen molar-refractivity contribution in [2.24, 2.45) is 7.05 Å². The number of nitrogens with zero attached hydrogens (tertiary/aromatic N) is 5. The summed E-state index contributed by atoms with van der Waals surface area (Å²) in [7, 11) is 14.1.